The van der Waals surface area contributed by atoms with E-state index < -0.39 is 17.8 Å². The Morgan fingerprint density at radius 2 is 1.92 bits per heavy atom. The molecule has 1 saturated heterocycles. The summed E-state index contributed by atoms with van der Waals surface area (Å²) in [5.74, 6) is -0.0394. The molecule has 1 atom stereocenters. The van der Waals surface area contributed by atoms with E-state index >= 15 is 0 Å². The summed E-state index contributed by atoms with van der Waals surface area (Å²) in [7, 11) is 0. The lowest BCUT2D eigenvalue weighted by atomic mass is 10.1. The van der Waals surface area contributed by atoms with Crippen LogP contribution in [0.3, 0.4) is 0 Å². The van der Waals surface area contributed by atoms with Gasteiger partial charge in [-0.05, 0) is 41.8 Å². The predicted octanol–water partition coefficient (Wildman–Crippen LogP) is 4.28. The van der Waals surface area contributed by atoms with Gasteiger partial charge in [0.2, 0.25) is 5.91 Å². The van der Waals surface area contributed by atoms with Crippen molar-refractivity contribution in [2.75, 3.05) is 24.5 Å². The monoisotopic (exact) mass is 555 g/mol. The molecule has 13 heteroatoms. The number of alkyl halides is 3. The van der Waals surface area contributed by atoms with Crippen LogP contribution in [-0.2, 0) is 17.5 Å². The zero-order valence-corrected chi connectivity index (χ0v) is 21.1. The van der Waals surface area contributed by atoms with Crippen LogP contribution in [0.1, 0.15) is 11.1 Å². The second-order valence-corrected chi connectivity index (χ2v) is 10.0. The van der Waals surface area contributed by atoms with Gasteiger partial charge in [-0.2, -0.15) is 13.2 Å². The van der Waals surface area contributed by atoms with E-state index in [0.29, 0.717) is 53.1 Å². The minimum Gasteiger partial charge on any atom is -0.353 e. The molecule has 0 aliphatic carbocycles. The predicted molar refractivity (Wildman–Crippen MR) is 139 cm³/mol. The molecule has 6 rings (SSSR count). The number of hydrogen-bond acceptors (Lipinski definition) is 7. The fraction of sp³-hybridized carbons (Fsp3) is 0.231. The molecule has 2 N–H and O–H groups in total. The van der Waals surface area contributed by atoms with Gasteiger partial charge in [0.25, 0.3) is 0 Å². The Balaban J connectivity index is 1.18. The molecule has 5 aromatic rings. The van der Waals surface area contributed by atoms with Gasteiger partial charge >= 0.3 is 6.18 Å². The van der Waals surface area contributed by atoms with Gasteiger partial charge in [-0.15, -0.1) is 16.4 Å². The quantitative estimate of drug-likeness (QED) is 0.315. The molecular weight excluding hydrogens is 534 g/mol. The number of thiophene rings is 1. The minimum absolute atomic E-state index is 0.0618. The molecular formula is C26H21F4N7OS. The molecule has 1 aliphatic rings. The highest BCUT2D eigenvalue weighted by atomic mass is 32.1. The number of hydrogen-bond donors (Lipinski definition) is 2. The van der Waals surface area contributed by atoms with E-state index in [1.54, 1.807) is 18.3 Å². The molecule has 1 amide bonds. The number of aromatic nitrogens is 4. The molecule has 0 bridgehead atoms. The maximum Gasteiger partial charge on any atom is 0.416 e. The third kappa shape index (κ3) is 4.90. The number of benzene rings is 2. The zero-order valence-electron chi connectivity index (χ0n) is 20.2. The third-order valence-corrected chi connectivity index (χ3v) is 7.53. The first-order valence-electron chi connectivity index (χ1n) is 12.1. The van der Waals surface area contributed by atoms with Crippen molar-refractivity contribution >= 4 is 44.2 Å². The van der Waals surface area contributed by atoms with E-state index in [1.807, 2.05) is 16.3 Å². The van der Waals surface area contributed by atoms with Crippen LogP contribution in [0.15, 0.2) is 60.4 Å². The van der Waals surface area contributed by atoms with Crippen LogP contribution in [0.25, 0.3) is 26.8 Å². The maximum absolute atomic E-state index is 14.8. The number of anilines is 1. The Bertz CT molecular complexity index is 1660. The number of nitrogens with zero attached hydrogens (tertiary/aromatic N) is 5. The zero-order chi connectivity index (χ0) is 27.1. The minimum atomic E-state index is -4.43. The molecule has 0 spiro atoms. The molecule has 1 aliphatic heterocycles. The summed E-state index contributed by atoms with van der Waals surface area (Å²) in [5.41, 5.74) is 0.481. The molecule has 8 nitrogen and oxygen atoms in total. The highest BCUT2D eigenvalue weighted by Gasteiger charge is 2.30. The lowest BCUT2D eigenvalue weighted by molar-refractivity contribution is -0.137. The molecule has 200 valence electrons. The molecule has 3 aromatic heterocycles. The van der Waals surface area contributed by atoms with Crippen molar-refractivity contribution in [1.82, 2.24) is 30.4 Å². The van der Waals surface area contributed by atoms with E-state index in [4.69, 9.17) is 0 Å². The average molecular weight is 556 g/mol. The second kappa shape index (κ2) is 9.89. The van der Waals surface area contributed by atoms with Crippen molar-refractivity contribution in [2.45, 2.75) is 18.8 Å². The van der Waals surface area contributed by atoms with E-state index in [0.717, 1.165) is 16.8 Å². The van der Waals surface area contributed by atoms with Crippen LogP contribution in [0, 0.1) is 5.82 Å². The Labute approximate surface area is 223 Å². The summed E-state index contributed by atoms with van der Waals surface area (Å²) < 4.78 is 55.9. The SMILES string of the molecule is O=C(NCc1ccc2sccc2c1F)C1CN(c2ncnc3nn(-c4ccc(C(F)(F)F)cc4)cc23)CCN1. The molecule has 4 heterocycles. The summed E-state index contributed by atoms with van der Waals surface area (Å²) >= 11 is 1.46. The van der Waals surface area contributed by atoms with Gasteiger partial charge in [-0.1, -0.05) is 6.07 Å². The van der Waals surface area contributed by atoms with Gasteiger partial charge in [-0.25, -0.2) is 19.0 Å². The van der Waals surface area contributed by atoms with Crippen molar-refractivity contribution in [3.05, 3.63) is 77.3 Å². The largest absolute Gasteiger partial charge is 0.416 e. The first kappa shape index (κ1) is 25.2. The topological polar surface area (TPSA) is 88.0 Å². The molecule has 2 aromatic carbocycles. The van der Waals surface area contributed by atoms with Crippen molar-refractivity contribution in [1.29, 1.82) is 0 Å². The highest BCUT2D eigenvalue weighted by Crippen LogP contribution is 2.30. The maximum atomic E-state index is 14.8. The average Bonchev–Trinajstić information content (AvgIpc) is 3.60. The first-order valence-corrected chi connectivity index (χ1v) is 12.9. The number of piperazine rings is 1. The number of rotatable bonds is 5. The number of nitrogens with one attached hydrogen (secondary N) is 2. The van der Waals surface area contributed by atoms with Crippen molar-refractivity contribution in [2.24, 2.45) is 0 Å². The molecule has 39 heavy (non-hydrogen) atoms. The highest BCUT2D eigenvalue weighted by molar-refractivity contribution is 7.17. The molecule has 1 fully saturated rings. The first-order chi connectivity index (χ1) is 18.8. The standard InChI is InChI=1S/C26H21F4N7OS/c27-22-15(1-6-21-18(22)7-10-39-21)11-32-25(38)20-13-36(9-8-31-20)24-19-12-37(35-23(19)33-14-34-24)17-4-2-16(3-5-17)26(28,29)30/h1-7,10,12,14,20,31H,8-9,11,13H2,(H,32,38). The van der Waals surface area contributed by atoms with Crippen molar-refractivity contribution in [3.63, 3.8) is 0 Å². The Morgan fingerprint density at radius 1 is 1.10 bits per heavy atom. The van der Waals surface area contributed by atoms with Crippen LogP contribution in [-0.4, -0.2) is 51.3 Å². The molecule has 0 radical (unpaired) electrons. The summed E-state index contributed by atoms with van der Waals surface area (Å²) in [5, 5.41) is 13.4. The number of carbonyl (C=O) groups is 1. The van der Waals surface area contributed by atoms with E-state index in [9.17, 15) is 22.4 Å². The van der Waals surface area contributed by atoms with Crippen LogP contribution in [0.4, 0.5) is 23.4 Å². The van der Waals surface area contributed by atoms with Gasteiger partial charge in [0.05, 0.1) is 16.6 Å². The Morgan fingerprint density at radius 3 is 2.72 bits per heavy atom. The molecule has 0 saturated carbocycles. The van der Waals surface area contributed by atoms with Crippen molar-refractivity contribution in [3.8, 4) is 5.69 Å². The van der Waals surface area contributed by atoms with Gasteiger partial charge in [-0.3, -0.25) is 4.79 Å². The number of fused-ring (bicyclic) bond motifs is 2. The lowest BCUT2D eigenvalue weighted by Gasteiger charge is -2.33. The Kier molecular flexibility index (Phi) is 6.39. The van der Waals surface area contributed by atoms with Gasteiger partial charge in [0.1, 0.15) is 24.0 Å². The van der Waals surface area contributed by atoms with Crippen molar-refractivity contribution < 1.29 is 22.4 Å². The summed E-state index contributed by atoms with van der Waals surface area (Å²) in [4.78, 5) is 23.5. The third-order valence-electron chi connectivity index (χ3n) is 6.65. The van der Waals surface area contributed by atoms with Gasteiger partial charge in [0, 0.05) is 48.0 Å². The van der Waals surface area contributed by atoms with Gasteiger partial charge < -0.3 is 15.5 Å². The van der Waals surface area contributed by atoms with E-state index in [2.05, 4.69) is 25.7 Å². The lowest BCUT2D eigenvalue weighted by Crippen LogP contribution is -2.57. The van der Waals surface area contributed by atoms with Gasteiger partial charge in [0.15, 0.2) is 5.65 Å². The summed E-state index contributed by atoms with van der Waals surface area (Å²) in [6, 6.07) is 9.36. The molecule has 1 unspecified atom stereocenters. The number of amides is 1. The van der Waals surface area contributed by atoms with Crippen LogP contribution >= 0.6 is 11.3 Å². The summed E-state index contributed by atoms with van der Waals surface area (Å²) in [6.45, 7) is 1.43. The fourth-order valence-corrected chi connectivity index (χ4v) is 5.41. The second-order valence-electron chi connectivity index (χ2n) is 9.09. The van der Waals surface area contributed by atoms with Crippen LogP contribution in [0.2, 0.25) is 0 Å². The number of halogens is 4. The Hall–Kier alpha value is -4.10. The van der Waals surface area contributed by atoms with Crippen LogP contribution < -0.4 is 15.5 Å². The van der Waals surface area contributed by atoms with E-state index in [-0.39, 0.29) is 18.3 Å². The van der Waals surface area contributed by atoms with E-state index in [1.165, 1.54) is 34.5 Å². The fourth-order valence-electron chi connectivity index (χ4n) is 4.63. The number of carbonyl (C=O) groups excluding carboxylic acids is 1. The smallest absolute Gasteiger partial charge is 0.353 e. The van der Waals surface area contributed by atoms with Crippen LogP contribution in [0.5, 0.6) is 0 Å². The normalized spacial score (nSPS) is 16.2. The summed E-state index contributed by atoms with van der Waals surface area (Å²) in [6.07, 6.45) is -1.40.